The minimum atomic E-state index is 0.919. The molecule has 1 aliphatic heterocycles. The molecule has 1 saturated heterocycles. The summed E-state index contributed by atoms with van der Waals surface area (Å²) in [7, 11) is 1.74. The molecule has 0 radical (unpaired) electrons. The molecular weight excluding hydrogens is 354 g/mol. The second-order valence-electron chi connectivity index (χ2n) is 6.95. The van der Waals surface area contributed by atoms with Crippen molar-refractivity contribution in [1.29, 1.82) is 0 Å². The van der Waals surface area contributed by atoms with Crippen LogP contribution in [0.1, 0.15) is 11.3 Å². The lowest BCUT2D eigenvalue weighted by atomic mass is 10.2. The van der Waals surface area contributed by atoms with Crippen molar-refractivity contribution in [3.05, 3.63) is 65.2 Å². The van der Waals surface area contributed by atoms with Gasteiger partial charge in [0.05, 0.1) is 18.5 Å². The zero-order valence-corrected chi connectivity index (χ0v) is 16.7. The largest absolute Gasteiger partial charge is 0.495 e. The molecule has 27 heavy (non-hydrogen) atoms. The lowest BCUT2D eigenvalue weighted by molar-refractivity contribution is 0.247. The summed E-state index contributed by atoms with van der Waals surface area (Å²) in [4.78, 5) is 9.75. The van der Waals surface area contributed by atoms with Crippen LogP contribution in [0.2, 0.25) is 0 Å². The van der Waals surface area contributed by atoms with Crippen molar-refractivity contribution >= 4 is 17.0 Å². The molecule has 0 amide bonds. The van der Waals surface area contributed by atoms with Gasteiger partial charge in [-0.15, -0.1) is 11.3 Å². The van der Waals surface area contributed by atoms with Gasteiger partial charge in [0.15, 0.2) is 0 Å². The fourth-order valence-corrected chi connectivity index (χ4v) is 4.29. The molecular formula is C22H25N3OS. The summed E-state index contributed by atoms with van der Waals surface area (Å²) in [5, 5.41) is 3.31. The van der Waals surface area contributed by atoms with Gasteiger partial charge in [0.2, 0.25) is 0 Å². The SMILES string of the molecule is COc1ccccc1N1CCN(Cc2csc(-c3ccc(C)cc3)n2)CC1. The number of para-hydroxylation sites is 2. The van der Waals surface area contributed by atoms with E-state index in [0.717, 1.165) is 43.5 Å². The van der Waals surface area contributed by atoms with Gasteiger partial charge in [0.25, 0.3) is 0 Å². The number of piperazine rings is 1. The molecule has 0 atom stereocenters. The second kappa shape index (κ2) is 8.11. The van der Waals surface area contributed by atoms with Crippen LogP contribution in [0.15, 0.2) is 53.9 Å². The third kappa shape index (κ3) is 4.15. The van der Waals surface area contributed by atoms with Crippen molar-refractivity contribution < 1.29 is 4.74 Å². The standard InChI is InChI=1S/C22H25N3OS/c1-17-7-9-18(10-8-17)22-23-19(16-27-22)15-24-11-13-25(14-12-24)20-5-3-4-6-21(20)26-2/h3-10,16H,11-15H2,1-2H3. The summed E-state index contributed by atoms with van der Waals surface area (Å²) in [5.41, 5.74) is 4.84. The number of aromatic nitrogens is 1. The third-order valence-corrected chi connectivity index (χ3v) is 5.97. The van der Waals surface area contributed by atoms with Crippen molar-refractivity contribution in [1.82, 2.24) is 9.88 Å². The average molecular weight is 380 g/mol. The maximum absolute atomic E-state index is 5.51. The van der Waals surface area contributed by atoms with Crippen LogP contribution < -0.4 is 9.64 Å². The van der Waals surface area contributed by atoms with E-state index in [1.165, 1.54) is 22.5 Å². The molecule has 2 aromatic carbocycles. The van der Waals surface area contributed by atoms with E-state index < -0.39 is 0 Å². The van der Waals surface area contributed by atoms with Gasteiger partial charge in [-0.3, -0.25) is 4.90 Å². The molecule has 0 saturated carbocycles. The van der Waals surface area contributed by atoms with E-state index in [2.05, 4.69) is 58.5 Å². The molecule has 140 valence electrons. The van der Waals surface area contributed by atoms with Crippen LogP contribution in [0.25, 0.3) is 10.6 Å². The lowest BCUT2D eigenvalue weighted by Crippen LogP contribution is -2.46. The molecule has 1 fully saturated rings. The van der Waals surface area contributed by atoms with Gasteiger partial charge in [0, 0.05) is 43.7 Å². The summed E-state index contributed by atoms with van der Waals surface area (Å²) in [6.45, 7) is 7.12. The van der Waals surface area contributed by atoms with Crippen molar-refractivity contribution in [3.63, 3.8) is 0 Å². The Hall–Kier alpha value is -2.37. The van der Waals surface area contributed by atoms with Gasteiger partial charge in [-0.05, 0) is 19.1 Å². The molecule has 0 bridgehead atoms. The number of thiazole rings is 1. The smallest absolute Gasteiger partial charge is 0.142 e. The number of anilines is 1. The Kier molecular flexibility index (Phi) is 5.41. The number of ether oxygens (including phenoxy) is 1. The van der Waals surface area contributed by atoms with E-state index >= 15 is 0 Å². The Labute approximate surface area is 165 Å². The zero-order valence-electron chi connectivity index (χ0n) is 15.9. The Balaban J connectivity index is 1.36. The predicted molar refractivity (Wildman–Crippen MR) is 113 cm³/mol. The molecule has 4 nitrogen and oxygen atoms in total. The third-order valence-electron chi connectivity index (χ3n) is 5.03. The molecule has 5 heteroatoms. The van der Waals surface area contributed by atoms with Crippen molar-refractivity contribution in [2.24, 2.45) is 0 Å². The van der Waals surface area contributed by atoms with Gasteiger partial charge in [-0.1, -0.05) is 42.0 Å². The summed E-state index contributed by atoms with van der Waals surface area (Å²) in [5.74, 6) is 0.952. The fourth-order valence-electron chi connectivity index (χ4n) is 3.48. The Morgan fingerprint density at radius 2 is 1.74 bits per heavy atom. The summed E-state index contributed by atoms with van der Waals surface area (Å²) in [6, 6.07) is 16.9. The van der Waals surface area contributed by atoms with E-state index in [-0.39, 0.29) is 0 Å². The van der Waals surface area contributed by atoms with Gasteiger partial charge in [0.1, 0.15) is 10.8 Å². The van der Waals surface area contributed by atoms with Crippen LogP contribution in [0.3, 0.4) is 0 Å². The molecule has 0 N–H and O–H groups in total. The highest BCUT2D eigenvalue weighted by molar-refractivity contribution is 7.13. The normalized spacial score (nSPS) is 15.1. The molecule has 1 aliphatic rings. The summed E-state index contributed by atoms with van der Waals surface area (Å²) < 4.78 is 5.51. The van der Waals surface area contributed by atoms with Crippen molar-refractivity contribution in [2.45, 2.75) is 13.5 Å². The lowest BCUT2D eigenvalue weighted by Gasteiger charge is -2.36. The Morgan fingerprint density at radius 3 is 2.48 bits per heavy atom. The number of aryl methyl sites for hydroxylation is 1. The van der Waals surface area contributed by atoms with Gasteiger partial charge >= 0.3 is 0 Å². The number of nitrogens with zero attached hydrogens (tertiary/aromatic N) is 3. The van der Waals surface area contributed by atoms with Gasteiger partial charge in [-0.25, -0.2) is 4.98 Å². The Bertz CT molecular complexity index is 883. The average Bonchev–Trinajstić information content (AvgIpc) is 3.17. The minimum absolute atomic E-state index is 0.919. The Morgan fingerprint density at radius 1 is 1.00 bits per heavy atom. The van der Waals surface area contributed by atoms with E-state index in [1.54, 1.807) is 18.4 Å². The van der Waals surface area contributed by atoms with Crippen LogP contribution >= 0.6 is 11.3 Å². The number of rotatable bonds is 5. The first-order valence-electron chi connectivity index (χ1n) is 9.35. The van der Waals surface area contributed by atoms with Gasteiger partial charge in [-0.2, -0.15) is 0 Å². The molecule has 0 spiro atoms. The van der Waals surface area contributed by atoms with Crippen LogP contribution in [-0.4, -0.2) is 43.2 Å². The molecule has 0 unspecified atom stereocenters. The van der Waals surface area contributed by atoms with E-state index in [0.29, 0.717) is 0 Å². The quantitative estimate of drug-likeness (QED) is 0.655. The van der Waals surface area contributed by atoms with Crippen LogP contribution in [0, 0.1) is 6.92 Å². The molecule has 1 aromatic heterocycles. The maximum atomic E-state index is 5.51. The molecule has 4 rings (SSSR count). The van der Waals surface area contributed by atoms with Crippen LogP contribution in [0.5, 0.6) is 5.75 Å². The van der Waals surface area contributed by atoms with Crippen molar-refractivity contribution in [2.75, 3.05) is 38.2 Å². The zero-order chi connectivity index (χ0) is 18.6. The summed E-state index contributed by atoms with van der Waals surface area (Å²) >= 11 is 1.73. The van der Waals surface area contributed by atoms with E-state index in [4.69, 9.17) is 9.72 Å². The summed E-state index contributed by atoms with van der Waals surface area (Å²) in [6.07, 6.45) is 0. The first-order chi connectivity index (χ1) is 13.2. The van der Waals surface area contributed by atoms with Gasteiger partial charge < -0.3 is 9.64 Å². The molecule has 3 aromatic rings. The van der Waals surface area contributed by atoms with E-state index in [9.17, 15) is 0 Å². The minimum Gasteiger partial charge on any atom is -0.495 e. The predicted octanol–water partition coefficient (Wildman–Crippen LogP) is 4.45. The number of benzene rings is 2. The number of hydrogen-bond donors (Lipinski definition) is 0. The number of hydrogen-bond acceptors (Lipinski definition) is 5. The molecule has 2 heterocycles. The monoisotopic (exact) mass is 379 g/mol. The fraction of sp³-hybridized carbons (Fsp3) is 0.318. The van der Waals surface area contributed by atoms with Crippen molar-refractivity contribution in [3.8, 4) is 16.3 Å². The second-order valence-corrected chi connectivity index (χ2v) is 7.80. The number of methoxy groups -OCH3 is 1. The maximum Gasteiger partial charge on any atom is 0.142 e. The first kappa shape index (κ1) is 18.0. The highest BCUT2D eigenvalue weighted by Crippen LogP contribution is 2.29. The highest BCUT2D eigenvalue weighted by Gasteiger charge is 2.20. The van der Waals surface area contributed by atoms with Crippen LogP contribution in [0.4, 0.5) is 5.69 Å². The topological polar surface area (TPSA) is 28.6 Å². The first-order valence-corrected chi connectivity index (χ1v) is 10.2. The highest BCUT2D eigenvalue weighted by atomic mass is 32.1. The van der Waals surface area contributed by atoms with E-state index in [1.807, 2.05) is 12.1 Å². The molecule has 0 aliphatic carbocycles. The van der Waals surface area contributed by atoms with Crippen LogP contribution in [-0.2, 0) is 6.54 Å².